The number of nitrogens with one attached hydrogen (secondary N) is 1. The smallest absolute Gasteiger partial charge is 0.262 e. The van der Waals surface area contributed by atoms with Crippen molar-refractivity contribution in [1.82, 2.24) is 5.32 Å². The summed E-state index contributed by atoms with van der Waals surface area (Å²) in [6, 6.07) is 9.94. The topological polar surface area (TPSA) is 56.1 Å². The molecule has 0 aromatic heterocycles. The Kier molecular flexibility index (Phi) is 3.86. The Morgan fingerprint density at radius 1 is 1.37 bits per heavy atom. The quantitative estimate of drug-likeness (QED) is 0.660. The lowest BCUT2D eigenvalue weighted by Gasteiger charge is -2.11. The SMILES string of the molecule is CN(C)c1ccc(/C=C(\C#N)C(=O)NC2CC2)cc1. The van der Waals surface area contributed by atoms with Gasteiger partial charge in [-0.1, -0.05) is 12.1 Å². The van der Waals surface area contributed by atoms with Crippen molar-refractivity contribution in [2.75, 3.05) is 19.0 Å². The van der Waals surface area contributed by atoms with Gasteiger partial charge in [0.1, 0.15) is 11.6 Å². The number of amides is 1. The third-order valence-electron chi connectivity index (χ3n) is 3.00. The number of rotatable bonds is 4. The zero-order valence-electron chi connectivity index (χ0n) is 11.2. The summed E-state index contributed by atoms with van der Waals surface area (Å²) >= 11 is 0. The summed E-state index contributed by atoms with van der Waals surface area (Å²) in [6.45, 7) is 0. The van der Waals surface area contributed by atoms with Crippen molar-refractivity contribution in [2.45, 2.75) is 18.9 Å². The molecule has 0 radical (unpaired) electrons. The van der Waals surface area contributed by atoms with Gasteiger partial charge < -0.3 is 10.2 Å². The zero-order valence-corrected chi connectivity index (χ0v) is 11.2. The van der Waals surface area contributed by atoms with Crippen LogP contribution in [0.4, 0.5) is 5.69 Å². The molecule has 0 saturated heterocycles. The summed E-state index contributed by atoms with van der Waals surface area (Å²) in [5.41, 5.74) is 2.09. The molecule has 0 atom stereocenters. The lowest BCUT2D eigenvalue weighted by molar-refractivity contribution is -0.117. The highest BCUT2D eigenvalue weighted by Crippen LogP contribution is 2.20. The second kappa shape index (κ2) is 5.57. The van der Waals surface area contributed by atoms with Crippen molar-refractivity contribution in [3.05, 3.63) is 35.4 Å². The molecule has 1 N–H and O–H groups in total. The van der Waals surface area contributed by atoms with Gasteiger partial charge in [0.25, 0.3) is 5.91 Å². The van der Waals surface area contributed by atoms with Gasteiger partial charge in [-0.3, -0.25) is 4.79 Å². The lowest BCUT2D eigenvalue weighted by Crippen LogP contribution is -2.26. The first-order valence-corrected chi connectivity index (χ1v) is 6.30. The maximum Gasteiger partial charge on any atom is 0.262 e. The second-order valence-corrected chi connectivity index (χ2v) is 4.90. The summed E-state index contributed by atoms with van der Waals surface area (Å²) in [7, 11) is 3.93. The van der Waals surface area contributed by atoms with Crippen LogP contribution in [-0.2, 0) is 4.79 Å². The van der Waals surface area contributed by atoms with Crippen LogP contribution in [0.2, 0.25) is 0 Å². The van der Waals surface area contributed by atoms with E-state index in [1.807, 2.05) is 49.3 Å². The normalized spacial score (nSPS) is 14.7. The van der Waals surface area contributed by atoms with Gasteiger partial charge in [0.15, 0.2) is 0 Å². The van der Waals surface area contributed by atoms with E-state index in [4.69, 9.17) is 5.26 Å². The predicted molar refractivity (Wildman–Crippen MR) is 75.5 cm³/mol. The van der Waals surface area contributed by atoms with Crippen LogP contribution in [0.3, 0.4) is 0 Å². The van der Waals surface area contributed by atoms with Gasteiger partial charge in [-0.25, -0.2) is 0 Å². The Morgan fingerprint density at radius 3 is 2.47 bits per heavy atom. The number of nitrogens with zero attached hydrogens (tertiary/aromatic N) is 2. The van der Waals surface area contributed by atoms with Gasteiger partial charge in [-0.05, 0) is 36.6 Å². The minimum absolute atomic E-state index is 0.157. The molecular weight excluding hydrogens is 238 g/mol. The van der Waals surface area contributed by atoms with E-state index in [1.54, 1.807) is 6.08 Å². The van der Waals surface area contributed by atoms with E-state index >= 15 is 0 Å². The van der Waals surface area contributed by atoms with Gasteiger partial charge >= 0.3 is 0 Å². The fourth-order valence-corrected chi connectivity index (χ4v) is 1.67. The van der Waals surface area contributed by atoms with Crippen molar-refractivity contribution < 1.29 is 4.79 Å². The van der Waals surface area contributed by atoms with Crippen LogP contribution in [0.5, 0.6) is 0 Å². The molecule has 1 aliphatic rings. The minimum atomic E-state index is -0.276. The second-order valence-electron chi connectivity index (χ2n) is 4.90. The van der Waals surface area contributed by atoms with Gasteiger partial charge in [0.05, 0.1) is 0 Å². The summed E-state index contributed by atoms with van der Waals surface area (Å²) in [6.07, 6.45) is 3.65. The van der Waals surface area contributed by atoms with E-state index in [2.05, 4.69) is 5.32 Å². The molecule has 1 saturated carbocycles. The van der Waals surface area contributed by atoms with E-state index in [0.29, 0.717) is 0 Å². The molecule has 4 heteroatoms. The lowest BCUT2D eigenvalue weighted by atomic mass is 10.1. The highest BCUT2D eigenvalue weighted by Gasteiger charge is 2.24. The molecule has 0 unspecified atom stereocenters. The first kappa shape index (κ1) is 13.2. The van der Waals surface area contributed by atoms with Crippen LogP contribution in [0.25, 0.3) is 6.08 Å². The third-order valence-corrected chi connectivity index (χ3v) is 3.00. The summed E-state index contributed by atoms with van der Waals surface area (Å²) in [5, 5.41) is 11.9. The van der Waals surface area contributed by atoms with Crippen LogP contribution in [0.1, 0.15) is 18.4 Å². The van der Waals surface area contributed by atoms with Crippen LogP contribution in [0, 0.1) is 11.3 Å². The number of benzene rings is 1. The van der Waals surface area contributed by atoms with Gasteiger partial charge in [0.2, 0.25) is 0 Å². The van der Waals surface area contributed by atoms with Gasteiger partial charge in [0, 0.05) is 25.8 Å². The number of carbonyl (C=O) groups is 1. The fourth-order valence-electron chi connectivity index (χ4n) is 1.67. The molecule has 1 aromatic rings. The van der Waals surface area contributed by atoms with Crippen LogP contribution in [0.15, 0.2) is 29.8 Å². The van der Waals surface area contributed by atoms with Crippen molar-refractivity contribution in [2.24, 2.45) is 0 Å². The predicted octanol–water partition coefficient (Wildman–Crippen LogP) is 1.94. The van der Waals surface area contributed by atoms with Crippen LogP contribution in [-0.4, -0.2) is 26.0 Å². The number of nitriles is 1. The molecule has 1 amide bonds. The third kappa shape index (κ3) is 3.59. The molecule has 0 bridgehead atoms. The zero-order chi connectivity index (χ0) is 13.8. The molecule has 1 aliphatic carbocycles. The van der Waals surface area contributed by atoms with Crippen molar-refractivity contribution >= 4 is 17.7 Å². The Labute approximate surface area is 113 Å². The monoisotopic (exact) mass is 255 g/mol. The molecule has 0 spiro atoms. The Bertz CT molecular complexity index is 534. The fraction of sp³-hybridized carbons (Fsp3) is 0.333. The maximum absolute atomic E-state index is 11.8. The molecule has 2 rings (SSSR count). The molecule has 98 valence electrons. The van der Waals surface area contributed by atoms with E-state index in [1.165, 1.54) is 0 Å². The molecule has 1 fully saturated rings. The molecule has 4 nitrogen and oxygen atoms in total. The van der Waals surface area contributed by atoms with Crippen LogP contribution < -0.4 is 10.2 Å². The van der Waals surface area contributed by atoms with Crippen molar-refractivity contribution in [3.63, 3.8) is 0 Å². The number of carbonyl (C=O) groups excluding carboxylic acids is 1. The molecule has 0 aliphatic heterocycles. The summed E-state index contributed by atoms with van der Waals surface area (Å²) in [4.78, 5) is 13.8. The van der Waals surface area contributed by atoms with E-state index < -0.39 is 0 Å². The summed E-state index contributed by atoms with van der Waals surface area (Å²) in [5.74, 6) is -0.276. The Morgan fingerprint density at radius 2 is 2.00 bits per heavy atom. The van der Waals surface area contributed by atoms with Crippen molar-refractivity contribution in [3.8, 4) is 6.07 Å². The minimum Gasteiger partial charge on any atom is -0.378 e. The maximum atomic E-state index is 11.8. The Balaban J connectivity index is 2.12. The standard InChI is InChI=1S/C15H17N3O/c1-18(2)14-7-3-11(4-8-14)9-12(10-16)15(19)17-13-5-6-13/h3-4,7-9,13H,5-6H2,1-2H3,(H,17,19)/b12-9+. The highest BCUT2D eigenvalue weighted by atomic mass is 16.1. The van der Waals surface area contributed by atoms with E-state index in [9.17, 15) is 4.79 Å². The molecule has 19 heavy (non-hydrogen) atoms. The van der Waals surface area contributed by atoms with Crippen LogP contribution >= 0.6 is 0 Å². The first-order valence-electron chi connectivity index (χ1n) is 6.30. The number of hydrogen-bond acceptors (Lipinski definition) is 3. The number of hydrogen-bond donors (Lipinski definition) is 1. The molecular formula is C15H17N3O. The highest BCUT2D eigenvalue weighted by molar-refractivity contribution is 6.01. The Hall–Kier alpha value is -2.28. The summed E-state index contributed by atoms with van der Waals surface area (Å²) < 4.78 is 0. The van der Waals surface area contributed by atoms with E-state index in [0.717, 1.165) is 24.1 Å². The van der Waals surface area contributed by atoms with Crippen molar-refractivity contribution in [1.29, 1.82) is 5.26 Å². The average Bonchev–Trinajstić information content (AvgIpc) is 3.20. The average molecular weight is 255 g/mol. The first-order chi connectivity index (χ1) is 9.10. The van der Waals surface area contributed by atoms with Gasteiger partial charge in [-0.2, -0.15) is 5.26 Å². The van der Waals surface area contributed by atoms with Gasteiger partial charge in [-0.15, -0.1) is 0 Å². The largest absolute Gasteiger partial charge is 0.378 e. The number of anilines is 1. The molecule has 1 aromatic carbocycles. The molecule has 0 heterocycles. The van der Waals surface area contributed by atoms with E-state index in [-0.39, 0.29) is 17.5 Å².